The zero-order valence-corrected chi connectivity index (χ0v) is 11.3. The molecular formula is C10H15N3O3S2. The summed E-state index contributed by atoms with van der Waals surface area (Å²) in [4.78, 5) is 13.3. The predicted octanol–water partition coefficient (Wildman–Crippen LogP) is -0.414. The lowest BCUT2D eigenvalue weighted by atomic mass is 10.3. The van der Waals surface area contributed by atoms with E-state index in [0.29, 0.717) is 13.1 Å². The van der Waals surface area contributed by atoms with Crippen LogP contribution in [0.5, 0.6) is 0 Å². The molecule has 2 rings (SSSR count). The van der Waals surface area contributed by atoms with Crippen LogP contribution in [0.2, 0.25) is 0 Å². The molecule has 3 N–H and O–H groups in total. The van der Waals surface area contributed by atoms with Crippen molar-refractivity contribution in [3.63, 3.8) is 0 Å². The average molecular weight is 289 g/mol. The monoisotopic (exact) mass is 289 g/mol. The fraction of sp³-hybridized carbons (Fsp3) is 0.500. The van der Waals surface area contributed by atoms with Crippen LogP contribution in [0.3, 0.4) is 0 Å². The van der Waals surface area contributed by atoms with Gasteiger partial charge in [-0.1, -0.05) is 6.07 Å². The third-order valence-corrected chi connectivity index (χ3v) is 5.55. The van der Waals surface area contributed by atoms with Crippen molar-refractivity contribution >= 4 is 27.3 Å². The van der Waals surface area contributed by atoms with Gasteiger partial charge in [0, 0.05) is 19.1 Å². The van der Waals surface area contributed by atoms with E-state index in [2.05, 4.69) is 4.72 Å². The number of rotatable bonds is 4. The maximum Gasteiger partial charge on any atom is 0.250 e. The first-order valence-corrected chi connectivity index (χ1v) is 7.92. The molecule has 6 nitrogen and oxygen atoms in total. The summed E-state index contributed by atoms with van der Waals surface area (Å²) in [6, 6.07) is 3.16. The Kier molecular flexibility index (Phi) is 4.00. The van der Waals surface area contributed by atoms with E-state index in [-0.39, 0.29) is 22.7 Å². The number of amides is 1. The Bertz CT molecular complexity index is 512. The summed E-state index contributed by atoms with van der Waals surface area (Å²) < 4.78 is 26.1. The normalized spacial score (nSPS) is 20.3. The van der Waals surface area contributed by atoms with Crippen LogP contribution in [-0.4, -0.2) is 44.9 Å². The van der Waals surface area contributed by atoms with Gasteiger partial charge in [0.15, 0.2) is 0 Å². The number of thiophene rings is 1. The summed E-state index contributed by atoms with van der Waals surface area (Å²) in [5.74, 6) is -0.233. The van der Waals surface area contributed by atoms with Crippen LogP contribution in [0, 0.1) is 0 Å². The number of nitrogens with two attached hydrogens (primary N) is 1. The van der Waals surface area contributed by atoms with E-state index < -0.39 is 10.0 Å². The average Bonchev–Trinajstić information content (AvgIpc) is 2.96. The smallest absolute Gasteiger partial charge is 0.250 e. The second-order valence-corrected chi connectivity index (χ2v) is 7.09. The first-order valence-electron chi connectivity index (χ1n) is 5.55. The number of likely N-dealkylation sites (tertiary alicyclic amines) is 1. The summed E-state index contributed by atoms with van der Waals surface area (Å²) in [7, 11) is -3.57. The number of carbonyl (C=O) groups is 1. The predicted molar refractivity (Wildman–Crippen MR) is 68.7 cm³/mol. The van der Waals surface area contributed by atoms with E-state index in [0.717, 1.165) is 17.8 Å². The number of sulfonamides is 1. The van der Waals surface area contributed by atoms with Crippen LogP contribution < -0.4 is 10.5 Å². The highest BCUT2D eigenvalue weighted by Gasteiger charge is 2.25. The van der Waals surface area contributed by atoms with Gasteiger partial charge in [-0.2, -0.15) is 0 Å². The molecule has 0 spiro atoms. The van der Waals surface area contributed by atoms with Gasteiger partial charge in [0.1, 0.15) is 4.21 Å². The van der Waals surface area contributed by atoms with Crippen LogP contribution in [0.1, 0.15) is 6.42 Å². The summed E-state index contributed by atoms with van der Waals surface area (Å²) in [5, 5.41) is 1.68. The van der Waals surface area contributed by atoms with Crippen molar-refractivity contribution in [2.75, 3.05) is 19.6 Å². The molecule has 1 aromatic rings. The molecule has 0 radical (unpaired) electrons. The van der Waals surface area contributed by atoms with Gasteiger partial charge in [-0.3, -0.25) is 4.79 Å². The molecule has 1 aliphatic heterocycles. The lowest BCUT2D eigenvalue weighted by Gasteiger charge is -2.15. The third kappa shape index (κ3) is 3.08. The van der Waals surface area contributed by atoms with Crippen molar-refractivity contribution < 1.29 is 13.2 Å². The molecule has 0 unspecified atom stereocenters. The quantitative estimate of drug-likeness (QED) is 0.788. The van der Waals surface area contributed by atoms with Crippen molar-refractivity contribution in [3.05, 3.63) is 17.5 Å². The SMILES string of the molecule is N[C@@H]1CCN(C(=O)CNS(=O)(=O)c2cccs2)C1. The van der Waals surface area contributed by atoms with Gasteiger partial charge in [0.25, 0.3) is 10.0 Å². The Morgan fingerprint density at radius 3 is 2.94 bits per heavy atom. The fourth-order valence-electron chi connectivity index (χ4n) is 1.77. The van der Waals surface area contributed by atoms with Gasteiger partial charge in [-0.15, -0.1) is 11.3 Å². The molecule has 1 aliphatic rings. The summed E-state index contributed by atoms with van der Waals surface area (Å²) in [6.45, 7) is 0.882. The highest BCUT2D eigenvalue weighted by atomic mass is 32.2. The van der Waals surface area contributed by atoms with Crippen molar-refractivity contribution in [2.24, 2.45) is 5.73 Å². The second kappa shape index (κ2) is 5.35. The molecule has 0 bridgehead atoms. The molecule has 1 atom stereocenters. The zero-order valence-electron chi connectivity index (χ0n) is 9.70. The largest absolute Gasteiger partial charge is 0.340 e. The number of hydrogen-bond acceptors (Lipinski definition) is 5. The molecule has 100 valence electrons. The minimum Gasteiger partial charge on any atom is -0.340 e. The second-order valence-electron chi connectivity index (χ2n) is 4.15. The van der Waals surface area contributed by atoms with Crippen LogP contribution in [0.15, 0.2) is 21.7 Å². The molecule has 1 amide bonds. The minimum atomic E-state index is -3.57. The Morgan fingerprint density at radius 1 is 1.61 bits per heavy atom. The summed E-state index contributed by atoms with van der Waals surface area (Å²) >= 11 is 1.12. The first-order chi connectivity index (χ1) is 8.49. The van der Waals surface area contributed by atoms with Crippen molar-refractivity contribution in [2.45, 2.75) is 16.7 Å². The van der Waals surface area contributed by atoms with Crippen LogP contribution in [0.4, 0.5) is 0 Å². The van der Waals surface area contributed by atoms with Crippen LogP contribution >= 0.6 is 11.3 Å². The van der Waals surface area contributed by atoms with Crippen molar-refractivity contribution in [3.8, 4) is 0 Å². The third-order valence-electron chi connectivity index (χ3n) is 2.75. The fourth-order valence-corrected chi connectivity index (χ4v) is 3.78. The van der Waals surface area contributed by atoms with Gasteiger partial charge >= 0.3 is 0 Å². The van der Waals surface area contributed by atoms with Gasteiger partial charge in [-0.05, 0) is 17.9 Å². The molecule has 0 saturated carbocycles. The summed E-state index contributed by atoms with van der Waals surface area (Å²) in [6.07, 6.45) is 0.767. The molecule has 0 aromatic carbocycles. The first kappa shape index (κ1) is 13.5. The maximum atomic E-state index is 11.8. The van der Waals surface area contributed by atoms with E-state index in [9.17, 15) is 13.2 Å². The molecular weight excluding hydrogens is 274 g/mol. The van der Waals surface area contributed by atoms with E-state index in [1.165, 1.54) is 6.07 Å². The molecule has 0 aliphatic carbocycles. The van der Waals surface area contributed by atoms with Crippen molar-refractivity contribution in [1.82, 2.24) is 9.62 Å². The van der Waals surface area contributed by atoms with E-state index in [4.69, 9.17) is 5.73 Å². The van der Waals surface area contributed by atoms with Gasteiger partial charge in [0.2, 0.25) is 5.91 Å². The number of carbonyl (C=O) groups excluding carboxylic acids is 1. The minimum absolute atomic E-state index is 0.00264. The molecule has 1 aromatic heterocycles. The molecule has 1 saturated heterocycles. The molecule has 18 heavy (non-hydrogen) atoms. The molecule has 1 fully saturated rings. The lowest BCUT2D eigenvalue weighted by molar-refractivity contribution is -0.128. The summed E-state index contributed by atoms with van der Waals surface area (Å²) in [5.41, 5.74) is 5.69. The number of hydrogen-bond donors (Lipinski definition) is 2. The maximum absolute atomic E-state index is 11.8. The Labute approximate surface area is 110 Å². The van der Waals surface area contributed by atoms with E-state index >= 15 is 0 Å². The standard InChI is InChI=1S/C10H15N3O3S2/c11-8-3-4-13(7-8)9(14)6-12-18(15,16)10-2-1-5-17-10/h1-2,5,8,12H,3-4,6-7,11H2/t8-/m1/s1. The Balaban J connectivity index is 1.90. The topological polar surface area (TPSA) is 92.5 Å². The van der Waals surface area contributed by atoms with Crippen LogP contribution in [-0.2, 0) is 14.8 Å². The van der Waals surface area contributed by atoms with Gasteiger partial charge in [-0.25, -0.2) is 13.1 Å². The molecule has 2 heterocycles. The van der Waals surface area contributed by atoms with Crippen molar-refractivity contribution in [1.29, 1.82) is 0 Å². The van der Waals surface area contributed by atoms with Gasteiger partial charge in [0.05, 0.1) is 6.54 Å². The Hall–Kier alpha value is -0.960. The highest BCUT2D eigenvalue weighted by Crippen LogP contribution is 2.15. The zero-order chi connectivity index (χ0) is 13.2. The van der Waals surface area contributed by atoms with Gasteiger partial charge < -0.3 is 10.6 Å². The van der Waals surface area contributed by atoms with E-state index in [1.54, 1.807) is 16.3 Å². The lowest BCUT2D eigenvalue weighted by Crippen LogP contribution is -2.39. The number of nitrogens with zero attached hydrogens (tertiary/aromatic N) is 1. The highest BCUT2D eigenvalue weighted by molar-refractivity contribution is 7.91. The number of nitrogens with one attached hydrogen (secondary N) is 1. The van der Waals surface area contributed by atoms with E-state index in [1.807, 2.05) is 0 Å². The Morgan fingerprint density at radius 2 is 2.39 bits per heavy atom. The molecule has 8 heteroatoms. The van der Waals surface area contributed by atoms with Crippen LogP contribution in [0.25, 0.3) is 0 Å².